The Morgan fingerprint density at radius 2 is 2.04 bits per heavy atom. The Balaban J connectivity index is 2.57. The van der Waals surface area contributed by atoms with E-state index in [-0.39, 0.29) is 6.03 Å². The van der Waals surface area contributed by atoms with E-state index in [0.29, 0.717) is 40.3 Å². The van der Waals surface area contributed by atoms with Gasteiger partial charge in [0.05, 0.1) is 11.3 Å². The number of nitrogen functional groups attached to an aromatic ring is 1. The summed E-state index contributed by atoms with van der Waals surface area (Å²) >= 11 is 0. The molecule has 0 aromatic carbocycles. The molecular weight excluding hydrogens is 360 g/mol. The van der Waals surface area contributed by atoms with Gasteiger partial charge in [-0.1, -0.05) is 0 Å². The Morgan fingerprint density at radius 1 is 1.25 bits per heavy atom. The normalized spacial score (nSPS) is 11.3. The molecule has 0 atom stereocenters. The summed E-state index contributed by atoms with van der Waals surface area (Å²) in [5, 5.41) is 5.29. The number of aliphatic imine (C=N–C) groups is 1. The predicted molar refractivity (Wildman–Crippen MR) is 108 cm³/mol. The van der Waals surface area contributed by atoms with Crippen LogP contribution in [0.4, 0.5) is 10.6 Å². The molecule has 0 aliphatic rings. The standard InChI is InChI=1S/C18H22N8O2/c1-3-23-18(28)25-16-7-13(15(21-2)4-5-19)14(10-24-16)11-6-12(9-22-8-11)17(27)26-20/h4-10H,3,19-20H2,1-2H3,(H,26,27)(H2,23,24,25,28). The van der Waals surface area contributed by atoms with Crippen LogP contribution in [0.5, 0.6) is 0 Å². The SMILES string of the molecule is CCNC(=O)Nc1cc(C(C=CN)=NC)c(-c2cncc(C(=O)NN)c2)cn1. The second-order valence-electron chi connectivity index (χ2n) is 5.50. The lowest BCUT2D eigenvalue weighted by Gasteiger charge is -2.13. The number of nitrogens with one attached hydrogen (secondary N) is 3. The Kier molecular flexibility index (Phi) is 7.17. The zero-order chi connectivity index (χ0) is 20.5. The zero-order valence-corrected chi connectivity index (χ0v) is 15.6. The summed E-state index contributed by atoms with van der Waals surface area (Å²) in [5.41, 5.74) is 10.4. The fourth-order valence-electron chi connectivity index (χ4n) is 2.46. The number of aromatic nitrogens is 2. The van der Waals surface area contributed by atoms with Crippen LogP contribution in [0.25, 0.3) is 11.1 Å². The molecule has 28 heavy (non-hydrogen) atoms. The van der Waals surface area contributed by atoms with Gasteiger partial charge in [-0.15, -0.1) is 0 Å². The van der Waals surface area contributed by atoms with Crippen molar-refractivity contribution in [3.05, 3.63) is 54.1 Å². The average molecular weight is 382 g/mol. The number of amides is 3. The number of urea groups is 1. The second kappa shape index (κ2) is 9.78. The van der Waals surface area contributed by atoms with Crippen molar-refractivity contribution in [2.24, 2.45) is 16.6 Å². The summed E-state index contributed by atoms with van der Waals surface area (Å²) < 4.78 is 0. The van der Waals surface area contributed by atoms with Gasteiger partial charge >= 0.3 is 6.03 Å². The molecule has 2 aromatic rings. The van der Waals surface area contributed by atoms with Gasteiger partial charge in [-0.05, 0) is 31.3 Å². The second-order valence-corrected chi connectivity index (χ2v) is 5.50. The third-order valence-corrected chi connectivity index (χ3v) is 3.70. The monoisotopic (exact) mass is 382 g/mol. The molecule has 0 bridgehead atoms. The summed E-state index contributed by atoms with van der Waals surface area (Å²) in [6.07, 6.45) is 7.54. The first-order valence-corrected chi connectivity index (χ1v) is 8.40. The molecule has 3 amide bonds. The number of rotatable bonds is 6. The molecule has 0 saturated carbocycles. The molecule has 2 rings (SSSR count). The smallest absolute Gasteiger partial charge is 0.320 e. The van der Waals surface area contributed by atoms with E-state index in [2.05, 4.69) is 31.0 Å². The highest BCUT2D eigenvalue weighted by atomic mass is 16.2. The van der Waals surface area contributed by atoms with Gasteiger partial charge in [0.15, 0.2) is 0 Å². The maximum atomic E-state index is 11.8. The zero-order valence-electron chi connectivity index (χ0n) is 15.6. The van der Waals surface area contributed by atoms with Crippen molar-refractivity contribution in [2.75, 3.05) is 18.9 Å². The summed E-state index contributed by atoms with van der Waals surface area (Å²) in [6, 6.07) is 2.93. The molecule has 0 aliphatic carbocycles. The van der Waals surface area contributed by atoms with Crippen molar-refractivity contribution in [1.29, 1.82) is 0 Å². The minimum atomic E-state index is -0.468. The van der Waals surface area contributed by atoms with Crippen LogP contribution in [-0.4, -0.2) is 41.2 Å². The van der Waals surface area contributed by atoms with Crippen molar-refractivity contribution < 1.29 is 9.59 Å². The maximum absolute atomic E-state index is 11.8. The lowest BCUT2D eigenvalue weighted by atomic mass is 9.98. The topological polar surface area (TPSA) is 160 Å². The van der Waals surface area contributed by atoms with Crippen molar-refractivity contribution in [3.63, 3.8) is 0 Å². The molecule has 2 heterocycles. The van der Waals surface area contributed by atoms with Crippen LogP contribution in [0.3, 0.4) is 0 Å². The molecule has 0 unspecified atom stereocenters. The van der Waals surface area contributed by atoms with Gasteiger partial charge in [-0.2, -0.15) is 0 Å². The molecule has 2 aromatic heterocycles. The Morgan fingerprint density at radius 3 is 2.68 bits per heavy atom. The van der Waals surface area contributed by atoms with Crippen LogP contribution in [0.15, 0.2) is 48.0 Å². The number of carbonyl (C=O) groups is 2. The van der Waals surface area contributed by atoms with Gasteiger partial charge < -0.3 is 11.1 Å². The average Bonchev–Trinajstić information content (AvgIpc) is 2.71. The number of allylic oxidation sites excluding steroid dienone is 1. The van der Waals surface area contributed by atoms with Gasteiger partial charge in [0.1, 0.15) is 5.82 Å². The number of hydrazine groups is 1. The highest BCUT2D eigenvalue weighted by Crippen LogP contribution is 2.26. The molecule has 146 valence electrons. The van der Waals surface area contributed by atoms with E-state index in [1.807, 2.05) is 6.92 Å². The third kappa shape index (κ3) is 4.89. The fourth-order valence-corrected chi connectivity index (χ4v) is 2.46. The number of nitrogens with two attached hydrogens (primary N) is 2. The molecule has 10 nitrogen and oxygen atoms in total. The van der Waals surface area contributed by atoms with E-state index in [0.717, 1.165) is 0 Å². The van der Waals surface area contributed by atoms with Gasteiger partial charge in [0.25, 0.3) is 5.91 Å². The maximum Gasteiger partial charge on any atom is 0.320 e. The third-order valence-electron chi connectivity index (χ3n) is 3.70. The van der Waals surface area contributed by atoms with E-state index in [4.69, 9.17) is 11.6 Å². The number of nitrogens with zero attached hydrogens (tertiary/aromatic N) is 3. The van der Waals surface area contributed by atoms with Crippen LogP contribution in [0.2, 0.25) is 0 Å². The molecule has 0 aliphatic heterocycles. The number of carbonyl (C=O) groups excluding carboxylic acids is 2. The van der Waals surface area contributed by atoms with Crippen LogP contribution in [0, 0.1) is 0 Å². The Hall–Kier alpha value is -3.79. The number of hydrogen-bond acceptors (Lipinski definition) is 7. The fraction of sp³-hybridized carbons (Fsp3) is 0.167. The summed E-state index contributed by atoms with van der Waals surface area (Å²) in [6.45, 7) is 2.29. The predicted octanol–water partition coefficient (Wildman–Crippen LogP) is 0.780. The minimum Gasteiger partial charge on any atom is -0.405 e. The Labute approximate surface area is 162 Å². The first-order valence-electron chi connectivity index (χ1n) is 8.40. The minimum absolute atomic E-state index is 0.292. The van der Waals surface area contributed by atoms with E-state index < -0.39 is 5.91 Å². The molecule has 0 spiro atoms. The molecule has 10 heteroatoms. The largest absolute Gasteiger partial charge is 0.405 e. The number of pyridine rings is 2. The molecule has 0 fully saturated rings. The van der Waals surface area contributed by atoms with E-state index >= 15 is 0 Å². The van der Waals surface area contributed by atoms with Gasteiger partial charge in [-0.25, -0.2) is 15.6 Å². The van der Waals surface area contributed by atoms with E-state index in [9.17, 15) is 9.59 Å². The van der Waals surface area contributed by atoms with Crippen molar-refractivity contribution >= 4 is 23.5 Å². The van der Waals surface area contributed by atoms with Gasteiger partial charge in [-0.3, -0.25) is 25.5 Å². The van der Waals surface area contributed by atoms with Crippen LogP contribution < -0.4 is 27.6 Å². The number of anilines is 1. The lowest BCUT2D eigenvalue weighted by molar-refractivity contribution is 0.0953. The van der Waals surface area contributed by atoms with Crippen LogP contribution >= 0.6 is 0 Å². The highest BCUT2D eigenvalue weighted by Gasteiger charge is 2.14. The summed E-state index contributed by atoms with van der Waals surface area (Å²) in [4.78, 5) is 36.2. The van der Waals surface area contributed by atoms with Gasteiger partial charge in [0.2, 0.25) is 0 Å². The van der Waals surface area contributed by atoms with Crippen LogP contribution in [-0.2, 0) is 0 Å². The molecular formula is C18H22N8O2. The molecule has 7 N–H and O–H groups in total. The quantitative estimate of drug-likeness (QED) is 0.215. The summed E-state index contributed by atoms with van der Waals surface area (Å²) in [7, 11) is 1.62. The van der Waals surface area contributed by atoms with E-state index in [1.165, 1.54) is 12.4 Å². The van der Waals surface area contributed by atoms with Crippen molar-refractivity contribution in [2.45, 2.75) is 6.92 Å². The summed E-state index contributed by atoms with van der Waals surface area (Å²) in [5.74, 6) is 5.06. The Bertz CT molecular complexity index is 924. The van der Waals surface area contributed by atoms with Crippen molar-refractivity contribution in [1.82, 2.24) is 20.7 Å². The first-order chi connectivity index (χ1) is 13.5. The first kappa shape index (κ1) is 20.5. The lowest BCUT2D eigenvalue weighted by Crippen LogP contribution is -2.30. The molecule has 0 radical (unpaired) electrons. The van der Waals surface area contributed by atoms with E-state index in [1.54, 1.807) is 37.7 Å². The molecule has 0 saturated heterocycles. The number of hydrogen-bond donors (Lipinski definition) is 5. The van der Waals surface area contributed by atoms with Gasteiger partial charge in [0, 0.05) is 48.9 Å². The van der Waals surface area contributed by atoms with Crippen LogP contribution in [0.1, 0.15) is 22.8 Å². The highest BCUT2D eigenvalue weighted by molar-refractivity contribution is 6.13. The van der Waals surface area contributed by atoms with Crippen molar-refractivity contribution in [3.8, 4) is 11.1 Å².